The summed E-state index contributed by atoms with van der Waals surface area (Å²) in [6.07, 6.45) is 0. The zero-order chi connectivity index (χ0) is 13.1. The van der Waals surface area contributed by atoms with E-state index in [4.69, 9.17) is 11.6 Å². The van der Waals surface area contributed by atoms with Crippen LogP contribution in [0.25, 0.3) is 11.1 Å². The number of benzene rings is 2. The summed E-state index contributed by atoms with van der Waals surface area (Å²) < 4.78 is 13.3. The van der Waals surface area contributed by atoms with Crippen molar-refractivity contribution in [1.29, 1.82) is 0 Å². The molecule has 2 aromatic carbocycles. The molecule has 0 aromatic heterocycles. The first-order valence-electron chi connectivity index (χ1n) is 5.81. The van der Waals surface area contributed by atoms with Crippen LogP contribution in [-0.2, 0) is 6.54 Å². The molecule has 1 N–H and O–H groups in total. The van der Waals surface area contributed by atoms with Crippen LogP contribution in [0.3, 0.4) is 0 Å². The lowest BCUT2D eigenvalue weighted by atomic mass is 9.98. The second-order valence-corrected chi connectivity index (χ2v) is 4.70. The van der Waals surface area contributed by atoms with Gasteiger partial charge in [-0.1, -0.05) is 23.7 Å². The van der Waals surface area contributed by atoms with Gasteiger partial charge in [0.1, 0.15) is 5.82 Å². The highest BCUT2D eigenvalue weighted by Gasteiger charge is 2.06. The van der Waals surface area contributed by atoms with Crippen molar-refractivity contribution in [2.45, 2.75) is 13.5 Å². The third-order valence-corrected chi connectivity index (χ3v) is 3.29. The molecule has 0 bridgehead atoms. The molecule has 0 atom stereocenters. The standard InChI is InChI=1S/C15H15ClFN/c1-10-3-5-13(17)8-14(10)11-4-6-15(16)12(7-11)9-18-2/h3-8,18H,9H2,1-2H3. The van der Waals surface area contributed by atoms with Crippen molar-refractivity contribution in [1.82, 2.24) is 5.32 Å². The first-order valence-corrected chi connectivity index (χ1v) is 6.19. The number of aryl methyl sites for hydroxylation is 1. The van der Waals surface area contributed by atoms with Gasteiger partial charge in [-0.05, 0) is 60.5 Å². The summed E-state index contributed by atoms with van der Waals surface area (Å²) >= 11 is 6.12. The number of hydrogen-bond acceptors (Lipinski definition) is 1. The van der Waals surface area contributed by atoms with Crippen LogP contribution < -0.4 is 5.32 Å². The maximum absolute atomic E-state index is 13.3. The largest absolute Gasteiger partial charge is 0.316 e. The molecule has 3 heteroatoms. The van der Waals surface area contributed by atoms with Crippen LogP contribution in [0, 0.1) is 12.7 Å². The molecule has 94 valence electrons. The van der Waals surface area contributed by atoms with Crippen molar-refractivity contribution in [3.63, 3.8) is 0 Å². The van der Waals surface area contributed by atoms with Gasteiger partial charge in [-0.3, -0.25) is 0 Å². The van der Waals surface area contributed by atoms with Crippen LogP contribution in [0.4, 0.5) is 4.39 Å². The number of halogens is 2. The molecule has 0 radical (unpaired) electrons. The average molecular weight is 264 g/mol. The van der Waals surface area contributed by atoms with Crippen molar-refractivity contribution in [2.24, 2.45) is 0 Å². The zero-order valence-corrected chi connectivity index (χ0v) is 11.2. The highest BCUT2D eigenvalue weighted by molar-refractivity contribution is 6.31. The van der Waals surface area contributed by atoms with E-state index in [-0.39, 0.29) is 5.82 Å². The average Bonchev–Trinajstić information content (AvgIpc) is 2.35. The number of nitrogens with one attached hydrogen (secondary N) is 1. The van der Waals surface area contributed by atoms with Gasteiger partial charge < -0.3 is 5.32 Å². The Kier molecular flexibility index (Phi) is 4.00. The van der Waals surface area contributed by atoms with E-state index in [2.05, 4.69) is 5.32 Å². The summed E-state index contributed by atoms with van der Waals surface area (Å²) in [6, 6.07) is 10.6. The minimum Gasteiger partial charge on any atom is -0.316 e. The van der Waals surface area contributed by atoms with E-state index in [1.807, 2.05) is 32.2 Å². The Labute approximate surface area is 112 Å². The molecule has 0 aliphatic heterocycles. The second kappa shape index (κ2) is 5.51. The van der Waals surface area contributed by atoms with Gasteiger partial charge in [0.25, 0.3) is 0 Å². The molecule has 0 spiro atoms. The van der Waals surface area contributed by atoms with Gasteiger partial charge in [-0.15, -0.1) is 0 Å². The van der Waals surface area contributed by atoms with Crippen molar-refractivity contribution in [3.05, 3.63) is 58.4 Å². The smallest absolute Gasteiger partial charge is 0.123 e. The van der Waals surface area contributed by atoms with Crippen LogP contribution in [-0.4, -0.2) is 7.05 Å². The normalized spacial score (nSPS) is 10.7. The summed E-state index contributed by atoms with van der Waals surface area (Å²) in [4.78, 5) is 0. The van der Waals surface area contributed by atoms with Gasteiger partial charge in [0.2, 0.25) is 0 Å². The Balaban J connectivity index is 2.50. The SMILES string of the molecule is CNCc1cc(-c2cc(F)ccc2C)ccc1Cl. The van der Waals surface area contributed by atoms with E-state index in [9.17, 15) is 4.39 Å². The van der Waals surface area contributed by atoms with Gasteiger partial charge >= 0.3 is 0 Å². The fourth-order valence-electron chi connectivity index (χ4n) is 1.97. The maximum atomic E-state index is 13.3. The van der Waals surface area contributed by atoms with E-state index in [0.717, 1.165) is 27.3 Å². The monoisotopic (exact) mass is 263 g/mol. The number of rotatable bonds is 3. The van der Waals surface area contributed by atoms with Gasteiger partial charge in [-0.2, -0.15) is 0 Å². The first kappa shape index (κ1) is 13.1. The fraction of sp³-hybridized carbons (Fsp3) is 0.200. The molecule has 0 aliphatic rings. The predicted molar refractivity (Wildman–Crippen MR) is 74.3 cm³/mol. The first-order chi connectivity index (χ1) is 8.61. The summed E-state index contributed by atoms with van der Waals surface area (Å²) in [5, 5.41) is 3.80. The van der Waals surface area contributed by atoms with E-state index in [0.29, 0.717) is 6.54 Å². The van der Waals surface area contributed by atoms with Crippen molar-refractivity contribution in [2.75, 3.05) is 7.05 Å². The van der Waals surface area contributed by atoms with E-state index < -0.39 is 0 Å². The van der Waals surface area contributed by atoms with Gasteiger partial charge in [-0.25, -0.2) is 4.39 Å². The molecule has 0 heterocycles. The van der Waals surface area contributed by atoms with Crippen LogP contribution in [0.2, 0.25) is 5.02 Å². The Morgan fingerprint density at radius 1 is 1.17 bits per heavy atom. The number of hydrogen-bond donors (Lipinski definition) is 1. The topological polar surface area (TPSA) is 12.0 Å². The molecule has 2 aromatic rings. The van der Waals surface area contributed by atoms with Crippen LogP contribution in [0.5, 0.6) is 0 Å². The van der Waals surface area contributed by atoms with Crippen LogP contribution in [0.1, 0.15) is 11.1 Å². The highest BCUT2D eigenvalue weighted by atomic mass is 35.5. The molecule has 1 nitrogen and oxygen atoms in total. The predicted octanol–water partition coefficient (Wildman–Crippen LogP) is 4.17. The van der Waals surface area contributed by atoms with Crippen molar-refractivity contribution in [3.8, 4) is 11.1 Å². The quantitative estimate of drug-likeness (QED) is 0.876. The molecule has 0 saturated heterocycles. The third kappa shape index (κ3) is 2.71. The molecule has 0 fully saturated rings. The third-order valence-electron chi connectivity index (χ3n) is 2.92. The van der Waals surface area contributed by atoms with Gasteiger partial charge in [0, 0.05) is 11.6 Å². The minimum absolute atomic E-state index is 0.222. The van der Waals surface area contributed by atoms with Gasteiger partial charge in [0.05, 0.1) is 0 Å². The molecule has 0 amide bonds. The molecular formula is C15H15ClFN. The Hall–Kier alpha value is -1.38. The highest BCUT2D eigenvalue weighted by Crippen LogP contribution is 2.28. The van der Waals surface area contributed by atoms with E-state index in [1.165, 1.54) is 6.07 Å². The molecule has 0 aliphatic carbocycles. The molecule has 0 saturated carbocycles. The van der Waals surface area contributed by atoms with Crippen LogP contribution >= 0.6 is 11.6 Å². The van der Waals surface area contributed by atoms with Gasteiger partial charge in [0.15, 0.2) is 0 Å². The fourth-order valence-corrected chi connectivity index (χ4v) is 2.16. The maximum Gasteiger partial charge on any atom is 0.123 e. The summed E-state index contributed by atoms with van der Waals surface area (Å²) in [6.45, 7) is 2.67. The van der Waals surface area contributed by atoms with Crippen molar-refractivity contribution >= 4 is 11.6 Å². The lowest BCUT2D eigenvalue weighted by Gasteiger charge is -2.10. The minimum atomic E-state index is -0.222. The molecule has 2 rings (SSSR count). The van der Waals surface area contributed by atoms with E-state index >= 15 is 0 Å². The second-order valence-electron chi connectivity index (χ2n) is 4.30. The van der Waals surface area contributed by atoms with E-state index in [1.54, 1.807) is 12.1 Å². The Bertz CT molecular complexity index is 566. The summed E-state index contributed by atoms with van der Waals surface area (Å²) in [5.74, 6) is -0.222. The Morgan fingerprint density at radius 2 is 1.94 bits per heavy atom. The lowest BCUT2D eigenvalue weighted by Crippen LogP contribution is -2.05. The molecular weight excluding hydrogens is 249 g/mol. The molecule has 0 unspecified atom stereocenters. The molecule has 18 heavy (non-hydrogen) atoms. The zero-order valence-electron chi connectivity index (χ0n) is 10.4. The van der Waals surface area contributed by atoms with Crippen molar-refractivity contribution < 1.29 is 4.39 Å². The summed E-state index contributed by atoms with van der Waals surface area (Å²) in [5.41, 5.74) is 3.96. The van der Waals surface area contributed by atoms with Crippen LogP contribution in [0.15, 0.2) is 36.4 Å². The Morgan fingerprint density at radius 3 is 2.67 bits per heavy atom. The summed E-state index contributed by atoms with van der Waals surface area (Å²) in [7, 11) is 1.87. The lowest BCUT2D eigenvalue weighted by molar-refractivity contribution is 0.628.